The van der Waals surface area contributed by atoms with Crippen LogP contribution in [0, 0.1) is 0 Å². The summed E-state index contributed by atoms with van der Waals surface area (Å²) in [7, 11) is 0. The molecule has 0 spiro atoms. The minimum Gasteiger partial charge on any atom is -0.295 e. The summed E-state index contributed by atoms with van der Waals surface area (Å²) in [4.78, 5) is 2.42. The third-order valence-corrected chi connectivity index (χ3v) is 3.84. The van der Waals surface area contributed by atoms with Crippen LogP contribution in [0.15, 0.2) is 22.7 Å². The van der Waals surface area contributed by atoms with Crippen molar-refractivity contribution in [3.8, 4) is 0 Å². The van der Waals surface area contributed by atoms with Crippen LogP contribution in [0.4, 0.5) is 0 Å². The van der Waals surface area contributed by atoms with Crippen molar-refractivity contribution in [3.63, 3.8) is 0 Å². The summed E-state index contributed by atoms with van der Waals surface area (Å²) in [5.41, 5.74) is 1.18. The van der Waals surface area contributed by atoms with Crippen LogP contribution < -0.4 is 0 Å². The molecule has 1 aliphatic rings. The van der Waals surface area contributed by atoms with Crippen LogP contribution in [0.5, 0.6) is 0 Å². The number of nitrogens with zero attached hydrogens (tertiary/aromatic N) is 1. The van der Waals surface area contributed by atoms with Crippen molar-refractivity contribution in [2.45, 2.75) is 25.4 Å². The highest BCUT2D eigenvalue weighted by molar-refractivity contribution is 9.10. The summed E-state index contributed by atoms with van der Waals surface area (Å²) in [6, 6.07) is 6.78. The van der Waals surface area contributed by atoms with Gasteiger partial charge in [-0.2, -0.15) is 0 Å². The monoisotopic (exact) mass is 321 g/mol. The minimum absolute atomic E-state index is 0.685. The van der Waals surface area contributed by atoms with Gasteiger partial charge in [0.15, 0.2) is 0 Å². The number of hydrogen-bond donors (Lipinski definition) is 0. The average Bonchev–Trinajstić information content (AvgIpc) is 3.04. The zero-order chi connectivity index (χ0) is 11.5. The second kappa shape index (κ2) is 5.72. The van der Waals surface area contributed by atoms with E-state index < -0.39 is 0 Å². The van der Waals surface area contributed by atoms with Gasteiger partial charge in [-0.05, 0) is 30.5 Å². The molecule has 16 heavy (non-hydrogen) atoms. The van der Waals surface area contributed by atoms with Crippen molar-refractivity contribution in [2.24, 2.45) is 0 Å². The highest BCUT2D eigenvalue weighted by Gasteiger charge is 2.28. The Morgan fingerprint density at radius 1 is 1.38 bits per heavy atom. The van der Waals surface area contributed by atoms with Gasteiger partial charge in [0.25, 0.3) is 0 Å². The van der Waals surface area contributed by atoms with Crippen LogP contribution in [-0.4, -0.2) is 23.4 Å². The lowest BCUT2D eigenvalue weighted by Crippen LogP contribution is -2.27. The Hall–Kier alpha value is 0.240. The first kappa shape index (κ1) is 12.7. The quantitative estimate of drug-likeness (QED) is 0.730. The lowest BCUT2D eigenvalue weighted by Gasteiger charge is -2.21. The van der Waals surface area contributed by atoms with E-state index in [1.165, 1.54) is 18.4 Å². The molecule has 1 aromatic carbocycles. The van der Waals surface area contributed by atoms with E-state index in [0.717, 1.165) is 28.6 Å². The van der Waals surface area contributed by atoms with E-state index >= 15 is 0 Å². The fourth-order valence-electron chi connectivity index (χ4n) is 1.81. The van der Waals surface area contributed by atoms with Gasteiger partial charge in [0, 0.05) is 34.5 Å². The normalized spacial score (nSPS) is 15.8. The topological polar surface area (TPSA) is 3.24 Å². The first-order chi connectivity index (χ1) is 7.70. The summed E-state index contributed by atoms with van der Waals surface area (Å²) in [6.45, 7) is 1.85. The van der Waals surface area contributed by atoms with Gasteiger partial charge in [-0.15, -0.1) is 11.6 Å². The maximum absolute atomic E-state index is 6.21. The molecule has 1 aromatic rings. The van der Waals surface area contributed by atoms with Crippen molar-refractivity contribution in [3.05, 3.63) is 33.3 Å². The fraction of sp³-hybridized carbons (Fsp3) is 0.500. The van der Waals surface area contributed by atoms with Crippen LogP contribution in [-0.2, 0) is 6.54 Å². The SMILES string of the molecule is ClCCN(Cc1ccc(Br)cc1Cl)C1CC1. The Labute approximate surface area is 115 Å². The zero-order valence-corrected chi connectivity index (χ0v) is 12.0. The van der Waals surface area contributed by atoms with Crippen molar-refractivity contribution in [1.82, 2.24) is 4.90 Å². The molecule has 1 aliphatic carbocycles. The van der Waals surface area contributed by atoms with Crippen LogP contribution >= 0.6 is 39.1 Å². The summed E-state index contributed by atoms with van der Waals surface area (Å²) < 4.78 is 1.02. The molecule has 0 amide bonds. The molecule has 1 saturated carbocycles. The number of benzene rings is 1. The van der Waals surface area contributed by atoms with E-state index in [1.807, 2.05) is 12.1 Å². The minimum atomic E-state index is 0.685. The molecule has 0 atom stereocenters. The summed E-state index contributed by atoms with van der Waals surface area (Å²) in [6.07, 6.45) is 2.59. The summed E-state index contributed by atoms with van der Waals surface area (Å²) >= 11 is 15.4. The molecule has 0 heterocycles. The van der Waals surface area contributed by atoms with Crippen LogP contribution in [0.3, 0.4) is 0 Å². The molecular formula is C12H14BrCl2N. The first-order valence-electron chi connectivity index (χ1n) is 5.44. The molecule has 0 aliphatic heterocycles. The molecule has 0 radical (unpaired) electrons. The van der Waals surface area contributed by atoms with Gasteiger partial charge in [0.2, 0.25) is 0 Å². The Balaban J connectivity index is 2.05. The van der Waals surface area contributed by atoms with Crippen molar-refractivity contribution < 1.29 is 0 Å². The average molecular weight is 323 g/mol. The molecule has 0 unspecified atom stereocenters. The van der Waals surface area contributed by atoms with E-state index in [4.69, 9.17) is 23.2 Å². The Morgan fingerprint density at radius 3 is 2.69 bits per heavy atom. The third-order valence-electron chi connectivity index (χ3n) is 2.82. The van der Waals surface area contributed by atoms with E-state index in [0.29, 0.717) is 5.88 Å². The maximum atomic E-state index is 6.21. The maximum Gasteiger partial charge on any atom is 0.0462 e. The lowest BCUT2D eigenvalue weighted by atomic mass is 10.2. The molecular weight excluding hydrogens is 309 g/mol. The largest absolute Gasteiger partial charge is 0.295 e. The highest BCUT2D eigenvalue weighted by atomic mass is 79.9. The smallest absolute Gasteiger partial charge is 0.0462 e. The molecule has 4 heteroatoms. The van der Waals surface area contributed by atoms with Crippen LogP contribution in [0.1, 0.15) is 18.4 Å². The summed E-state index contributed by atoms with van der Waals surface area (Å²) in [5, 5.41) is 0.828. The summed E-state index contributed by atoms with van der Waals surface area (Å²) in [5.74, 6) is 0.685. The molecule has 0 saturated heterocycles. The Morgan fingerprint density at radius 2 is 2.12 bits per heavy atom. The van der Waals surface area contributed by atoms with Gasteiger partial charge in [-0.25, -0.2) is 0 Å². The lowest BCUT2D eigenvalue weighted by molar-refractivity contribution is 0.271. The van der Waals surface area contributed by atoms with Gasteiger partial charge in [0.05, 0.1) is 0 Å². The number of rotatable bonds is 5. The predicted octanol–water partition coefficient (Wildman–Crippen LogP) is 4.31. The van der Waals surface area contributed by atoms with E-state index in [-0.39, 0.29) is 0 Å². The predicted molar refractivity (Wildman–Crippen MR) is 73.3 cm³/mol. The Kier molecular flexibility index (Phi) is 4.54. The number of hydrogen-bond acceptors (Lipinski definition) is 1. The van der Waals surface area contributed by atoms with Gasteiger partial charge < -0.3 is 0 Å². The van der Waals surface area contributed by atoms with Gasteiger partial charge in [-0.3, -0.25) is 4.90 Å². The van der Waals surface area contributed by atoms with Gasteiger partial charge >= 0.3 is 0 Å². The molecule has 1 fully saturated rings. The van der Waals surface area contributed by atoms with Gasteiger partial charge in [-0.1, -0.05) is 33.6 Å². The number of alkyl halides is 1. The van der Waals surface area contributed by atoms with E-state index in [9.17, 15) is 0 Å². The van der Waals surface area contributed by atoms with Crippen molar-refractivity contribution in [2.75, 3.05) is 12.4 Å². The molecule has 0 bridgehead atoms. The van der Waals surface area contributed by atoms with Crippen molar-refractivity contribution >= 4 is 39.1 Å². The van der Waals surface area contributed by atoms with Crippen LogP contribution in [0.25, 0.3) is 0 Å². The first-order valence-corrected chi connectivity index (χ1v) is 7.15. The Bertz CT molecular complexity index is 366. The second-order valence-corrected chi connectivity index (χ2v) is 5.83. The molecule has 1 nitrogen and oxygen atoms in total. The standard InChI is InChI=1S/C12H14BrCl2N/c13-10-2-1-9(12(15)7-10)8-16(6-5-14)11-3-4-11/h1-2,7,11H,3-6,8H2. The van der Waals surface area contributed by atoms with Crippen LogP contribution in [0.2, 0.25) is 5.02 Å². The van der Waals surface area contributed by atoms with E-state index in [2.05, 4.69) is 26.9 Å². The number of halogens is 3. The molecule has 2 rings (SSSR count). The zero-order valence-electron chi connectivity index (χ0n) is 8.93. The van der Waals surface area contributed by atoms with E-state index in [1.54, 1.807) is 0 Å². The molecule has 0 aromatic heterocycles. The fourth-order valence-corrected chi connectivity index (χ4v) is 2.76. The highest BCUT2D eigenvalue weighted by Crippen LogP contribution is 2.30. The molecule has 88 valence electrons. The van der Waals surface area contributed by atoms with Gasteiger partial charge in [0.1, 0.15) is 0 Å². The molecule has 0 N–H and O–H groups in total. The van der Waals surface area contributed by atoms with Crippen molar-refractivity contribution in [1.29, 1.82) is 0 Å². The third kappa shape index (κ3) is 3.36. The second-order valence-electron chi connectivity index (χ2n) is 4.13.